The highest BCUT2D eigenvalue weighted by Crippen LogP contribution is 2.25. The van der Waals surface area contributed by atoms with E-state index in [0.29, 0.717) is 22.3 Å². The smallest absolute Gasteiger partial charge is 0.335 e. The number of barbiturate groups is 1. The molecule has 0 aliphatic carbocycles. The Bertz CT molecular complexity index is 1240. The van der Waals surface area contributed by atoms with E-state index in [9.17, 15) is 18.8 Å². The van der Waals surface area contributed by atoms with E-state index in [1.165, 1.54) is 18.2 Å². The number of urea groups is 1. The zero-order valence-corrected chi connectivity index (χ0v) is 17.3. The molecule has 4 amide bonds. The van der Waals surface area contributed by atoms with Crippen LogP contribution < -0.4 is 10.2 Å². The normalized spacial score (nSPS) is 15.5. The van der Waals surface area contributed by atoms with Gasteiger partial charge < -0.3 is 4.57 Å². The van der Waals surface area contributed by atoms with E-state index < -0.39 is 23.7 Å². The second-order valence-electron chi connectivity index (χ2n) is 6.74. The Balaban J connectivity index is 1.66. The number of carbonyl (C=O) groups is 3. The van der Waals surface area contributed by atoms with Crippen molar-refractivity contribution in [1.82, 2.24) is 9.88 Å². The summed E-state index contributed by atoms with van der Waals surface area (Å²) in [6.45, 7) is 0.416. The highest BCUT2D eigenvalue weighted by molar-refractivity contribution is 6.42. The van der Waals surface area contributed by atoms with Gasteiger partial charge in [0.2, 0.25) is 0 Å². The average Bonchev–Trinajstić information content (AvgIpc) is 3.16. The average molecular weight is 458 g/mol. The van der Waals surface area contributed by atoms with Crippen molar-refractivity contribution in [3.63, 3.8) is 0 Å². The number of benzene rings is 2. The minimum Gasteiger partial charge on any atom is -0.344 e. The third-order valence-corrected chi connectivity index (χ3v) is 5.42. The highest BCUT2D eigenvalue weighted by Gasteiger charge is 2.37. The minimum absolute atomic E-state index is 0.147. The number of anilines is 1. The van der Waals surface area contributed by atoms with Crippen LogP contribution in [0.25, 0.3) is 6.08 Å². The zero-order chi connectivity index (χ0) is 22.1. The fourth-order valence-corrected chi connectivity index (χ4v) is 3.49. The molecular weight excluding hydrogens is 444 g/mol. The first kappa shape index (κ1) is 20.8. The molecule has 1 aliphatic rings. The third-order valence-electron chi connectivity index (χ3n) is 4.68. The Morgan fingerprint density at radius 1 is 0.968 bits per heavy atom. The summed E-state index contributed by atoms with van der Waals surface area (Å²) in [7, 11) is 0. The molecule has 1 saturated heterocycles. The fraction of sp³-hybridized carbons (Fsp3) is 0.0455. The van der Waals surface area contributed by atoms with E-state index in [2.05, 4.69) is 5.32 Å². The van der Waals surface area contributed by atoms with Crippen LogP contribution in [0.5, 0.6) is 0 Å². The lowest BCUT2D eigenvalue weighted by molar-refractivity contribution is -0.122. The van der Waals surface area contributed by atoms with Gasteiger partial charge in [0.15, 0.2) is 0 Å². The number of hydrogen-bond acceptors (Lipinski definition) is 3. The Morgan fingerprint density at radius 3 is 2.42 bits per heavy atom. The standard InChI is InChI=1S/C22H14Cl2FN3O3/c23-18-8-3-13(10-19(18)24)12-27-9-1-2-16(27)11-17-20(29)26-22(31)28(21(17)30)15-6-4-14(25)5-7-15/h1-11H,12H2,(H,26,29,31). The number of amides is 4. The number of hydrogen-bond donors (Lipinski definition) is 1. The van der Waals surface area contributed by atoms with Crippen LogP contribution in [0.3, 0.4) is 0 Å². The first-order valence-corrected chi connectivity index (χ1v) is 9.85. The molecule has 0 atom stereocenters. The van der Waals surface area contributed by atoms with Crippen LogP contribution >= 0.6 is 23.2 Å². The SMILES string of the molecule is O=C1NC(=O)N(c2ccc(F)cc2)C(=O)C1=Cc1cccn1Cc1ccc(Cl)c(Cl)c1. The molecule has 156 valence electrons. The predicted molar refractivity (Wildman–Crippen MR) is 115 cm³/mol. The molecule has 1 aliphatic heterocycles. The summed E-state index contributed by atoms with van der Waals surface area (Å²) in [5, 5.41) is 3.00. The maximum atomic E-state index is 13.2. The van der Waals surface area contributed by atoms with Crippen LogP contribution in [0.1, 0.15) is 11.3 Å². The lowest BCUT2D eigenvalue weighted by Gasteiger charge is -2.26. The van der Waals surface area contributed by atoms with Crippen molar-refractivity contribution in [3.05, 3.63) is 93.5 Å². The Labute approximate surface area is 186 Å². The summed E-state index contributed by atoms with van der Waals surface area (Å²) in [4.78, 5) is 38.4. The van der Waals surface area contributed by atoms with Crippen LogP contribution in [0.2, 0.25) is 10.0 Å². The van der Waals surface area contributed by atoms with E-state index in [4.69, 9.17) is 23.2 Å². The first-order valence-electron chi connectivity index (χ1n) is 9.09. The number of halogens is 3. The van der Waals surface area contributed by atoms with Gasteiger partial charge in [-0.2, -0.15) is 0 Å². The van der Waals surface area contributed by atoms with Gasteiger partial charge in [-0.1, -0.05) is 29.3 Å². The topological polar surface area (TPSA) is 71.4 Å². The molecule has 31 heavy (non-hydrogen) atoms. The van der Waals surface area contributed by atoms with E-state index in [1.807, 2.05) is 10.6 Å². The Hall–Kier alpha value is -3.42. The molecule has 1 N–H and O–H groups in total. The van der Waals surface area contributed by atoms with E-state index in [0.717, 1.165) is 22.6 Å². The van der Waals surface area contributed by atoms with E-state index in [1.54, 1.807) is 30.5 Å². The van der Waals surface area contributed by atoms with Crippen molar-refractivity contribution < 1.29 is 18.8 Å². The van der Waals surface area contributed by atoms with Crippen LogP contribution in [0, 0.1) is 5.82 Å². The first-order chi connectivity index (χ1) is 14.8. The van der Waals surface area contributed by atoms with Crippen molar-refractivity contribution in [3.8, 4) is 0 Å². The molecule has 3 aromatic rings. The molecule has 2 heterocycles. The van der Waals surface area contributed by atoms with Gasteiger partial charge >= 0.3 is 6.03 Å². The number of carbonyl (C=O) groups excluding carboxylic acids is 3. The number of imide groups is 2. The lowest BCUT2D eigenvalue weighted by Crippen LogP contribution is -2.54. The highest BCUT2D eigenvalue weighted by atomic mass is 35.5. The van der Waals surface area contributed by atoms with E-state index >= 15 is 0 Å². The van der Waals surface area contributed by atoms with Gasteiger partial charge in [0.25, 0.3) is 11.8 Å². The van der Waals surface area contributed by atoms with Crippen molar-refractivity contribution in [2.75, 3.05) is 4.90 Å². The maximum Gasteiger partial charge on any atom is 0.335 e. The second-order valence-corrected chi connectivity index (χ2v) is 7.56. The molecular formula is C22H14Cl2FN3O3. The van der Waals surface area contributed by atoms with Crippen LogP contribution in [0.15, 0.2) is 66.4 Å². The maximum absolute atomic E-state index is 13.2. The predicted octanol–water partition coefficient (Wildman–Crippen LogP) is 4.65. The molecule has 0 radical (unpaired) electrons. The van der Waals surface area contributed by atoms with Crippen LogP contribution in [-0.4, -0.2) is 22.4 Å². The van der Waals surface area contributed by atoms with Crippen molar-refractivity contribution in [2.45, 2.75) is 6.54 Å². The largest absolute Gasteiger partial charge is 0.344 e. The second kappa shape index (κ2) is 8.37. The molecule has 0 bridgehead atoms. The number of rotatable bonds is 4. The van der Waals surface area contributed by atoms with Crippen LogP contribution in [0.4, 0.5) is 14.9 Å². The molecule has 6 nitrogen and oxygen atoms in total. The molecule has 1 fully saturated rings. The van der Waals surface area contributed by atoms with Crippen molar-refractivity contribution in [1.29, 1.82) is 0 Å². The van der Waals surface area contributed by atoms with Gasteiger partial charge in [-0.25, -0.2) is 14.1 Å². The van der Waals surface area contributed by atoms with Gasteiger partial charge in [-0.3, -0.25) is 14.9 Å². The minimum atomic E-state index is -0.898. The summed E-state index contributed by atoms with van der Waals surface area (Å²) in [5.41, 5.74) is 1.36. The molecule has 0 unspecified atom stereocenters. The van der Waals surface area contributed by atoms with Gasteiger partial charge in [-0.15, -0.1) is 0 Å². The van der Waals surface area contributed by atoms with Crippen LogP contribution in [-0.2, 0) is 16.1 Å². The zero-order valence-electron chi connectivity index (χ0n) is 15.8. The molecule has 4 rings (SSSR count). The van der Waals surface area contributed by atoms with E-state index in [-0.39, 0.29) is 11.3 Å². The number of nitrogens with zero attached hydrogens (tertiary/aromatic N) is 2. The Kier molecular flexibility index (Phi) is 5.63. The van der Waals surface area contributed by atoms with Gasteiger partial charge in [0.05, 0.1) is 15.7 Å². The number of nitrogens with one attached hydrogen (secondary N) is 1. The molecule has 9 heteroatoms. The van der Waals surface area contributed by atoms with Gasteiger partial charge in [0.1, 0.15) is 11.4 Å². The number of aromatic nitrogens is 1. The summed E-state index contributed by atoms with van der Waals surface area (Å²) >= 11 is 12.0. The summed E-state index contributed by atoms with van der Waals surface area (Å²) in [6.07, 6.45) is 3.18. The van der Waals surface area contributed by atoms with Gasteiger partial charge in [0, 0.05) is 18.4 Å². The molecule has 2 aromatic carbocycles. The lowest BCUT2D eigenvalue weighted by atomic mass is 10.1. The molecule has 0 saturated carbocycles. The quantitative estimate of drug-likeness (QED) is 0.457. The third kappa shape index (κ3) is 4.23. The summed E-state index contributed by atoms with van der Waals surface area (Å²) in [5.74, 6) is -2.13. The van der Waals surface area contributed by atoms with Crippen molar-refractivity contribution >= 4 is 52.8 Å². The van der Waals surface area contributed by atoms with Gasteiger partial charge in [-0.05, 0) is 60.2 Å². The summed E-state index contributed by atoms with van der Waals surface area (Å²) < 4.78 is 15.0. The fourth-order valence-electron chi connectivity index (χ4n) is 3.17. The monoisotopic (exact) mass is 457 g/mol. The van der Waals surface area contributed by atoms with Crippen molar-refractivity contribution in [2.24, 2.45) is 0 Å². The molecule has 1 aromatic heterocycles. The summed E-state index contributed by atoms with van der Waals surface area (Å²) in [6, 6.07) is 12.6. The molecule has 0 spiro atoms. The Morgan fingerprint density at radius 2 is 1.71 bits per heavy atom.